The van der Waals surface area contributed by atoms with Crippen molar-refractivity contribution in [3.8, 4) is 0 Å². The molecule has 0 saturated carbocycles. The minimum absolute atomic E-state index is 0.173. The van der Waals surface area contributed by atoms with E-state index in [0.29, 0.717) is 11.1 Å². The molecule has 0 heterocycles. The molecule has 2 aromatic carbocycles. The van der Waals surface area contributed by atoms with Gasteiger partial charge in [-0.05, 0) is 61.1 Å². The van der Waals surface area contributed by atoms with Crippen molar-refractivity contribution in [2.45, 2.75) is 25.7 Å². The third-order valence-corrected chi connectivity index (χ3v) is 3.98. The second-order valence-electron chi connectivity index (χ2n) is 4.73. The number of hydrogen-bond acceptors (Lipinski definition) is 2. The van der Waals surface area contributed by atoms with E-state index in [1.54, 1.807) is 30.8 Å². The zero-order valence-electron chi connectivity index (χ0n) is 11.9. The Hall–Kier alpha value is -1.61. The van der Waals surface area contributed by atoms with Crippen molar-refractivity contribution in [2.75, 3.05) is 5.75 Å². The number of carbonyl (C=O) groups is 1. The molecule has 0 unspecified atom stereocenters. The van der Waals surface area contributed by atoms with Crippen molar-refractivity contribution < 1.29 is 9.18 Å². The highest BCUT2D eigenvalue weighted by Crippen LogP contribution is 2.22. The van der Waals surface area contributed by atoms with E-state index in [9.17, 15) is 9.18 Å². The second-order valence-corrected chi connectivity index (χ2v) is 6.06. The summed E-state index contributed by atoms with van der Waals surface area (Å²) in [7, 11) is 0. The summed E-state index contributed by atoms with van der Waals surface area (Å²) < 4.78 is 14.0. The summed E-state index contributed by atoms with van der Waals surface area (Å²) >= 11 is 1.71. The lowest BCUT2D eigenvalue weighted by molar-refractivity contribution is 0.103. The standard InChI is InChI=1S/C17H17FOS/c1-4-20-14-7-5-13(6-8-14)17(19)16-12(3)9-11(2)10-15(16)18/h5-10H,4H2,1-3H3. The van der Waals surface area contributed by atoms with Crippen LogP contribution in [0.25, 0.3) is 0 Å². The number of ketones is 1. The Morgan fingerprint density at radius 2 is 1.80 bits per heavy atom. The summed E-state index contributed by atoms with van der Waals surface area (Å²) in [6.07, 6.45) is 0. The second kappa shape index (κ2) is 6.23. The molecule has 0 fully saturated rings. The zero-order chi connectivity index (χ0) is 14.7. The third kappa shape index (κ3) is 3.10. The van der Waals surface area contributed by atoms with Gasteiger partial charge in [-0.3, -0.25) is 4.79 Å². The van der Waals surface area contributed by atoms with Crippen molar-refractivity contribution in [1.29, 1.82) is 0 Å². The van der Waals surface area contributed by atoms with Gasteiger partial charge in [-0.15, -0.1) is 11.8 Å². The number of rotatable bonds is 4. The van der Waals surface area contributed by atoms with Crippen molar-refractivity contribution in [2.24, 2.45) is 0 Å². The Bertz CT molecular complexity index is 609. The van der Waals surface area contributed by atoms with E-state index in [4.69, 9.17) is 0 Å². The molecule has 2 rings (SSSR count). The smallest absolute Gasteiger partial charge is 0.196 e. The lowest BCUT2D eigenvalue weighted by Gasteiger charge is -2.08. The Kier molecular flexibility index (Phi) is 4.61. The molecule has 0 aromatic heterocycles. The van der Waals surface area contributed by atoms with Gasteiger partial charge in [-0.2, -0.15) is 0 Å². The molecule has 20 heavy (non-hydrogen) atoms. The number of aryl methyl sites for hydroxylation is 2. The van der Waals surface area contributed by atoms with Crippen LogP contribution in [0.15, 0.2) is 41.3 Å². The molecule has 1 nitrogen and oxygen atoms in total. The topological polar surface area (TPSA) is 17.1 Å². The van der Waals surface area contributed by atoms with Crippen LogP contribution in [-0.4, -0.2) is 11.5 Å². The van der Waals surface area contributed by atoms with Crippen LogP contribution >= 0.6 is 11.8 Å². The molecule has 0 atom stereocenters. The summed E-state index contributed by atoms with van der Waals surface area (Å²) in [5.41, 5.74) is 2.20. The molecule has 0 aliphatic carbocycles. The average Bonchev–Trinajstić information content (AvgIpc) is 2.38. The van der Waals surface area contributed by atoms with Crippen LogP contribution in [0, 0.1) is 19.7 Å². The summed E-state index contributed by atoms with van der Waals surface area (Å²) in [6.45, 7) is 5.67. The van der Waals surface area contributed by atoms with Gasteiger partial charge in [0.05, 0.1) is 5.56 Å². The fourth-order valence-corrected chi connectivity index (χ4v) is 2.88. The van der Waals surface area contributed by atoms with Gasteiger partial charge in [-0.25, -0.2) is 4.39 Å². The third-order valence-electron chi connectivity index (χ3n) is 3.09. The molecule has 0 spiro atoms. The van der Waals surface area contributed by atoms with E-state index in [0.717, 1.165) is 16.2 Å². The highest BCUT2D eigenvalue weighted by atomic mass is 32.2. The summed E-state index contributed by atoms with van der Waals surface area (Å²) in [5, 5.41) is 0. The number of hydrogen-bond donors (Lipinski definition) is 0. The molecule has 0 saturated heterocycles. The van der Waals surface area contributed by atoms with Gasteiger partial charge < -0.3 is 0 Å². The normalized spacial score (nSPS) is 10.6. The zero-order valence-corrected chi connectivity index (χ0v) is 12.7. The average molecular weight is 288 g/mol. The molecular weight excluding hydrogens is 271 g/mol. The Morgan fingerprint density at radius 1 is 1.15 bits per heavy atom. The maximum Gasteiger partial charge on any atom is 0.196 e. The monoisotopic (exact) mass is 288 g/mol. The van der Waals surface area contributed by atoms with Gasteiger partial charge in [0.2, 0.25) is 0 Å². The molecule has 104 valence electrons. The minimum Gasteiger partial charge on any atom is -0.288 e. The highest BCUT2D eigenvalue weighted by molar-refractivity contribution is 7.99. The fraction of sp³-hybridized carbons (Fsp3) is 0.235. The molecule has 0 aliphatic heterocycles. The quantitative estimate of drug-likeness (QED) is 0.594. The van der Waals surface area contributed by atoms with Crippen LogP contribution in [0.1, 0.15) is 34.0 Å². The molecule has 0 N–H and O–H groups in total. The van der Waals surface area contributed by atoms with Crippen molar-refractivity contribution in [3.63, 3.8) is 0 Å². The Labute approximate surface area is 123 Å². The van der Waals surface area contributed by atoms with E-state index in [-0.39, 0.29) is 11.3 Å². The van der Waals surface area contributed by atoms with Crippen LogP contribution in [-0.2, 0) is 0 Å². The first-order chi connectivity index (χ1) is 9.52. The van der Waals surface area contributed by atoms with E-state index in [1.165, 1.54) is 6.07 Å². The maximum absolute atomic E-state index is 14.0. The van der Waals surface area contributed by atoms with Crippen LogP contribution in [0.4, 0.5) is 4.39 Å². The predicted molar refractivity (Wildman–Crippen MR) is 82.1 cm³/mol. The number of carbonyl (C=O) groups excluding carboxylic acids is 1. The number of thioether (sulfide) groups is 1. The van der Waals surface area contributed by atoms with E-state index in [2.05, 4.69) is 6.92 Å². The Morgan fingerprint density at radius 3 is 2.35 bits per heavy atom. The van der Waals surface area contributed by atoms with Crippen molar-refractivity contribution >= 4 is 17.5 Å². The lowest BCUT2D eigenvalue weighted by atomic mass is 9.97. The van der Waals surface area contributed by atoms with Crippen molar-refractivity contribution in [1.82, 2.24) is 0 Å². The van der Waals surface area contributed by atoms with Gasteiger partial charge in [0, 0.05) is 10.5 Å². The molecule has 0 bridgehead atoms. The first kappa shape index (κ1) is 14.8. The van der Waals surface area contributed by atoms with Crippen LogP contribution in [0.5, 0.6) is 0 Å². The minimum atomic E-state index is -0.445. The first-order valence-electron chi connectivity index (χ1n) is 6.57. The summed E-state index contributed by atoms with van der Waals surface area (Å²) in [4.78, 5) is 13.5. The molecule has 3 heteroatoms. The van der Waals surface area contributed by atoms with Gasteiger partial charge in [0.25, 0.3) is 0 Å². The molecule has 0 amide bonds. The van der Waals surface area contributed by atoms with E-state index >= 15 is 0 Å². The van der Waals surface area contributed by atoms with E-state index in [1.807, 2.05) is 25.1 Å². The summed E-state index contributed by atoms with van der Waals surface area (Å²) in [5.74, 6) is 0.284. The summed E-state index contributed by atoms with van der Waals surface area (Å²) in [6, 6.07) is 10.6. The largest absolute Gasteiger partial charge is 0.288 e. The number of halogens is 1. The van der Waals surface area contributed by atoms with Crippen LogP contribution < -0.4 is 0 Å². The van der Waals surface area contributed by atoms with Gasteiger partial charge in [-0.1, -0.05) is 13.0 Å². The number of benzene rings is 2. The molecule has 2 aromatic rings. The first-order valence-corrected chi connectivity index (χ1v) is 7.55. The Balaban J connectivity index is 2.36. The van der Waals surface area contributed by atoms with Crippen LogP contribution in [0.3, 0.4) is 0 Å². The van der Waals surface area contributed by atoms with Gasteiger partial charge >= 0.3 is 0 Å². The molecule has 0 radical (unpaired) electrons. The van der Waals surface area contributed by atoms with Gasteiger partial charge in [0.15, 0.2) is 5.78 Å². The van der Waals surface area contributed by atoms with Gasteiger partial charge in [0.1, 0.15) is 5.82 Å². The molecular formula is C17H17FOS. The SMILES string of the molecule is CCSc1ccc(C(=O)c2c(C)cc(C)cc2F)cc1. The van der Waals surface area contributed by atoms with Crippen LogP contribution in [0.2, 0.25) is 0 Å². The molecule has 0 aliphatic rings. The van der Waals surface area contributed by atoms with Crippen molar-refractivity contribution in [3.05, 3.63) is 64.5 Å². The lowest BCUT2D eigenvalue weighted by Crippen LogP contribution is -2.07. The highest BCUT2D eigenvalue weighted by Gasteiger charge is 2.17. The fourth-order valence-electron chi connectivity index (χ4n) is 2.22. The maximum atomic E-state index is 14.0. The van der Waals surface area contributed by atoms with E-state index < -0.39 is 5.82 Å². The predicted octanol–water partition coefficient (Wildman–Crippen LogP) is 4.79.